The van der Waals surface area contributed by atoms with Gasteiger partial charge in [-0.1, -0.05) is 0 Å². The van der Waals surface area contributed by atoms with Crippen LogP contribution in [0.1, 0.15) is 6.92 Å². The van der Waals surface area contributed by atoms with E-state index in [1.54, 1.807) is 12.4 Å². The molecule has 2 aromatic rings. The number of anilines is 1. The zero-order chi connectivity index (χ0) is 12.7. The molecule has 1 aliphatic heterocycles. The van der Waals surface area contributed by atoms with Gasteiger partial charge in [-0.2, -0.15) is 0 Å². The third-order valence-corrected chi connectivity index (χ3v) is 3.73. The van der Waals surface area contributed by atoms with Gasteiger partial charge in [-0.15, -0.1) is 11.3 Å². The van der Waals surface area contributed by atoms with E-state index in [9.17, 15) is 9.59 Å². The standard InChI is InChI=1S/C12H11N3O2S/c1-7-12(17)15(5-11(16)14-7)8-2-3-9-10(4-8)18-6-13-9/h2-4,6-7H,5H2,1H3,(H,14,16). The first-order valence-corrected chi connectivity index (χ1v) is 6.47. The zero-order valence-corrected chi connectivity index (χ0v) is 10.5. The maximum absolute atomic E-state index is 12.0. The SMILES string of the molecule is CC1NC(=O)CN(c2ccc3ncsc3c2)C1=O. The average Bonchev–Trinajstić information content (AvgIpc) is 2.80. The number of carbonyl (C=O) groups excluding carboxylic acids is 2. The smallest absolute Gasteiger partial charge is 0.249 e. The van der Waals surface area contributed by atoms with E-state index in [1.165, 1.54) is 16.2 Å². The van der Waals surface area contributed by atoms with Crippen molar-refractivity contribution < 1.29 is 9.59 Å². The molecule has 1 atom stereocenters. The van der Waals surface area contributed by atoms with E-state index in [2.05, 4.69) is 10.3 Å². The number of carbonyl (C=O) groups is 2. The topological polar surface area (TPSA) is 62.3 Å². The van der Waals surface area contributed by atoms with Gasteiger partial charge in [-0.3, -0.25) is 9.59 Å². The summed E-state index contributed by atoms with van der Waals surface area (Å²) >= 11 is 1.52. The number of rotatable bonds is 1. The molecule has 1 aromatic carbocycles. The maximum Gasteiger partial charge on any atom is 0.249 e. The first kappa shape index (κ1) is 11.2. The molecule has 1 aromatic heterocycles. The summed E-state index contributed by atoms with van der Waals surface area (Å²) in [6, 6.07) is 5.12. The molecule has 1 aliphatic rings. The van der Waals surface area contributed by atoms with Crippen LogP contribution in [0.5, 0.6) is 0 Å². The van der Waals surface area contributed by atoms with Gasteiger partial charge in [-0.25, -0.2) is 4.98 Å². The van der Waals surface area contributed by atoms with Crippen molar-refractivity contribution in [3.63, 3.8) is 0 Å². The van der Waals surface area contributed by atoms with Crippen LogP contribution in [0.2, 0.25) is 0 Å². The Kier molecular flexibility index (Phi) is 2.52. The van der Waals surface area contributed by atoms with Gasteiger partial charge in [0.05, 0.1) is 15.7 Å². The molecule has 0 saturated carbocycles. The van der Waals surface area contributed by atoms with E-state index in [-0.39, 0.29) is 18.4 Å². The highest BCUT2D eigenvalue weighted by Crippen LogP contribution is 2.25. The lowest BCUT2D eigenvalue weighted by atomic mass is 10.2. The van der Waals surface area contributed by atoms with Crippen molar-refractivity contribution in [3.05, 3.63) is 23.7 Å². The van der Waals surface area contributed by atoms with Crippen molar-refractivity contribution in [2.75, 3.05) is 11.4 Å². The predicted octanol–water partition coefficient (Wildman–Crippen LogP) is 1.15. The van der Waals surface area contributed by atoms with Crippen LogP contribution in [-0.2, 0) is 9.59 Å². The van der Waals surface area contributed by atoms with Gasteiger partial charge in [0.15, 0.2) is 0 Å². The number of hydrogen-bond donors (Lipinski definition) is 1. The lowest BCUT2D eigenvalue weighted by molar-refractivity contribution is -0.130. The molecule has 0 radical (unpaired) electrons. The van der Waals surface area contributed by atoms with Crippen LogP contribution in [0, 0.1) is 0 Å². The van der Waals surface area contributed by atoms with Gasteiger partial charge in [0.2, 0.25) is 11.8 Å². The zero-order valence-electron chi connectivity index (χ0n) is 9.71. The lowest BCUT2D eigenvalue weighted by Gasteiger charge is -2.30. The second kappa shape index (κ2) is 4.06. The number of aromatic nitrogens is 1. The summed E-state index contributed by atoms with van der Waals surface area (Å²) in [5, 5.41) is 2.62. The van der Waals surface area contributed by atoms with E-state index in [4.69, 9.17) is 0 Å². The molecule has 1 fully saturated rings. The number of hydrogen-bond acceptors (Lipinski definition) is 4. The van der Waals surface area contributed by atoms with Crippen molar-refractivity contribution in [3.8, 4) is 0 Å². The van der Waals surface area contributed by atoms with Crippen molar-refractivity contribution >= 4 is 39.1 Å². The molecular formula is C12H11N3O2S. The highest BCUT2D eigenvalue weighted by Gasteiger charge is 2.30. The third-order valence-electron chi connectivity index (χ3n) is 2.94. The van der Waals surface area contributed by atoms with E-state index in [1.807, 2.05) is 18.2 Å². The minimum Gasteiger partial charge on any atom is -0.343 e. The van der Waals surface area contributed by atoms with E-state index in [0.29, 0.717) is 0 Å². The molecule has 92 valence electrons. The average molecular weight is 261 g/mol. The molecule has 1 unspecified atom stereocenters. The minimum atomic E-state index is -0.469. The van der Waals surface area contributed by atoms with Crippen LogP contribution in [0.3, 0.4) is 0 Å². The lowest BCUT2D eigenvalue weighted by Crippen LogP contribution is -2.57. The van der Waals surface area contributed by atoms with E-state index >= 15 is 0 Å². The molecule has 18 heavy (non-hydrogen) atoms. The summed E-state index contributed by atoms with van der Waals surface area (Å²) in [6.07, 6.45) is 0. The Morgan fingerprint density at radius 1 is 1.44 bits per heavy atom. The summed E-state index contributed by atoms with van der Waals surface area (Å²) in [7, 11) is 0. The number of amides is 2. The van der Waals surface area contributed by atoms with E-state index < -0.39 is 6.04 Å². The Balaban J connectivity index is 2.01. The van der Waals surface area contributed by atoms with Crippen molar-refractivity contribution in [2.24, 2.45) is 0 Å². The molecule has 1 saturated heterocycles. The molecule has 3 rings (SSSR count). The number of nitrogens with zero attached hydrogens (tertiary/aromatic N) is 2. The van der Waals surface area contributed by atoms with E-state index in [0.717, 1.165) is 15.9 Å². The van der Waals surface area contributed by atoms with Crippen LogP contribution in [0.4, 0.5) is 5.69 Å². The fourth-order valence-electron chi connectivity index (χ4n) is 2.03. The van der Waals surface area contributed by atoms with Crippen LogP contribution < -0.4 is 10.2 Å². The molecular weight excluding hydrogens is 250 g/mol. The Morgan fingerprint density at radius 2 is 2.28 bits per heavy atom. The second-order valence-corrected chi connectivity index (χ2v) is 5.10. The molecule has 0 aliphatic carbocycles. The number of thiazole rings is 1. The highest BCUT2D eigenvalue weighted by atomic mass is 32.1. The van der Waals surface area contributed by atoms with Gasteiger partial charge < -0.3 is 10.2 Å². The summed E-state index contributed by atoms with van der Waals surface area (Å²) in [5.74, 6) is -0.218. The van der Waals surface area contributed by atoms with Crippen LogP contribution in [-0.4, -0.2) is 29.4 Å². The Morgan fingerprint density at radius 3 is 3.11 bits per heavy atom. The van der Waals surface area contributed by atoms with Crippen molar-refractivity contribution in [2.45, 2.75) is 13.0 Å². The monoisotopic (exact) mass is 261 g/mol. The van der Waals surface area contributed by atoms with Crippen LogP contribution in [0.15, 0.2) is 23.7 Å². The Labute approximate surface area is 107 Å². The Bertz CT molecular complexity index is 637. The fraction of sp³-hybridized carbons (Fsp3) is 0.250. The van der Waals surface area contributed by atoms with Crippen molar-refractivity contribution in [1.82, 2.24) is 10.3 Å². The normalized spacial score (nSPS) is 20.3. The number of piperazine rings is 1. The summed E-state index contributed by atoms with van der Waals surface area (Å²) in [5.41, 5.74) is 3.42. The molecule has 2 amide bonds. The van der Waals surface area contributed by atoms with Gasteiger partial charge in [0.1, 0.15) is 12.6 Å². The minimum absolute atomic E-state index is 0.0769. The fourth-order valence-corrected chi connectivity index (χ4v) is 2.74. The van der Waals surface area contributed by atoms with Gasteiger partial charge in [0.25, 0.3) is 0 Å². The van der Waals surface area contributed by atoms with Crippen LogP contribution in [0.25, 0.3) is 10.2 Å². The second-order valence-electron chi connectivity index (χ2n) is 4.22. The van der Waals surface area contributed by atoms with Gasteiger partial charge >= 0.3 is 0 Å². The quantitative estimate of drug-likeness (QED) is 0.837. The number of nitrogens with one attached hydrogen (secondary N) is 1. The number of benzene rings is 1. The molecule has 6 heteroatoms. The summed E-state index contributed by atoms with van der Waals surface area (Å²) in [6.45, 7) is 1.77. The largest absolute Gasteiger partial charge is 0.343 e. The first-order chi connectivity index (χ1) is 8.65. The van der Waals surface area contributed by atoms with Crippen LogP contribution >= 0.6 is 11.3 Å². The summed E-state index contributed by atoms with van der Waals surface area (Å²) < 4.78 is 1.01. The van der Waals surface area contributed by atoms with Crippen molar-refractivity contribution in [1.29, 1.82) is 0 Å². The molecule has 0 spiro atoms. The third kappa shape index (κ3) is 1.74. The molecule has 5 nitrogen and oxygen atoms in total. The van der Waals surface area contributed by atoms with Gasteiger partial charge in [-0.05, 0) is 25.1 Å². The van der Waals surface area contributed by atoms with Gasteiger partial charge in [0, 0.05) is 5.69 Å². The molecule has 1 N–H and O–H groups in total. The number of fused-ring (bicyclic) bond motifs is 1. The highest BCUT2D eigenvalue weighted by molar-refractivity contribution is 7.16. The predicted molar refractivity (Wildman–Crippen MR) is 69.6 cm³/mol. The molecule has 0 bridgehead atoms. The first-order valence-electron chi connectivity index (χ1n) is 5.59. The maximum atomic E-state index is 12.0. The summed E-state index contributed by atoms with van der Waals surface area (Å²) in [4.78, 5) is 29.3. The Hall–Kier alpha value is -1.95. The molecule has 2 heterocycles.